The molecule has 2 N–H and O–H groups in total. The summed E-state index contributed by atoms with van der Waals surface area (Å²) in [5.41, 5.74) is 4.46. The van der Waals surface area contributed by atoms with Crippen LogP contribution in [0.5, 0.6) is 5.75 Å². The van der Waals surface area contributed by atoms with Crippen molar-refractivity contribution in [3.05, 3.63) is 59.0 Å². The first-order valence-corrected chi connectivity index (χ1v) is 12.9. The van der Waals surface area contributed by atoms with Crippen molar-refractivity contribution >= 4 is 62.3 Å². The fraction of sp³-hybridized carbons (Fsp3) is 0.259. The highest BCUT2D eigenvalue weighted by Gasteiger charge is 2.27. The predicted octanol–water partition coefficient (Wildman–Crippen LogP) is 4.42. The van der Waals surface area contributed by atoms with Crippen molar-refractivity contribution in [2.24, 2.45) is 0 Å². The van der Waals surface area contributed by atoms with Gasteiger partial charge in [0.25, 0.3) is 0 Å². The van der Waals surface area contributed by atoms with E-state index >= 15 is 0 Å². The molecule has 3 heterocycles. The number of nitrogens with one attached hydrogen (secondary N) is 2. The maximum absolute atomic E-state index is 12.8. The highest BCUT2D eigenvalue weighted by Crippen LogP contribution is 2.39. The average Bonchev–Trinajstić information content (AvgIpc) is 3.54. The third-order valence-corrected chi connectivity index (χ3v) is 7.06. The van der Waals surface area contributed by atoms with Gasteiger partial charge in [0, 0.05) is 17.9 Å². The number of likely N-dealkylation sites (N-methyl/N-ethyl adjacent to an activating group) is 1. The quantitative estimate of drug-likeness (QED) is 0.319. The van der Waals surface area contributed by atoms with Crippen molar-refractivity contribution in [3.8, 4) is 5.75 Å². The molecule has 1 aliphatic rings. The van der Waals surface area contributed by atoms with Crippen LogP contribution in [0.4, 0.5) is 28.8 Å². The lowest BCUT2D eigenvalue weighted by Gasteiger charge is -2.21. The first-order chi connectivity index (χ1) is 18.4. The van der Waals surface area contributed by atoms with Crippen LogP contribution in [-0.4, -0.2) is 68.1 Å². The van der Waals surface area contributed by atoms with E-state index in [9.17, 15) is 9.59 Å². The second-order valence-corrected chi connectivity index (χ2v) is 9.98. The zero-order valence-corrected chi connectivity index (χ0v) is 22.4. The summed E-state index contributed by atoms with van der Waals surface area (Å²) in [6, 6.07) is 12.8. The molecule has 0 unspecified atom stereocenters. The Hall–Kier alpha value is -4.22. The number of carbonyl (C=O) groups is 2. The Bertz CT molecular complexity index is 1520. The van der Waals surface area contributed by atoms with E-state index < -0.39 is 5.97 Å². The van der Waals surface area contributed by atoms with E-state index in [-0.39, 0.29) is 5.91 Å². The van der Waals surface area contributed by atoms with E-state index in [1.54, 1.807) is 25.3 Å². The molecule has 0 aliphatic carbocycles. The van der Waals surface area contributed by atoms with Gasteiger partial charge in [0.1, 0.15) is 5.75 Å². The van der Waals surface area contributed by atoms with E-state index in [1.807, 2.05) is 53.5 Å². The second-order valence-electron chi connectivity index (χ2n) is 9.07. The van der Waals surface area contributed by atoms with Crippen molar-refractivity contribution in [2.45, 2.75) is 6.42 Å². The molecule has 1 aliphatic heterocycles. The summed E-state index contributed by atoms with van der Waals surface area (Å²) in [5.74, 6) is 1.23. The number of carbonyl (C=O) groups excluding carboxylic acids is 2. The Morgan fingerprint density at radius 1 is 1.11 bits per heavy atom. The summed E-state index contributed by atoms with van der Waals surface area (Å²) in [5, 5.41) is 8.55. The Morgan fingerprint density at radius 2 is 1.95 bits per heavy atom. The van der Waals surface area contributed by atoms with Gasteiger partial charge >= 0.3 is 5.97 Å². The first-order valence-electron chi connectivity index (χ1n) is 12.0. The molecule has 0 bridgehead atoms. The highest BCUT2D eigenvalue weighted by atomic mass is 32.1. The van der Waals surface area contributed by atoms with Crippen LogP contribution in [0.1, 0.15) is 15.9 Å². The molecule has 0 saturated heterocycles. The van der Waals surface area contributed by atoms with E-state index in [1.165, 1.54) is 18.4 Å². The van der Waals surface area contributed by atoms with Crippen molar-refractivity contribution < 1.29 is 19.1 Å². The number of anilines is 5. The maximum atomic E-state index is 12.8. The molecule has 11 heteroatoms. The van der Waals surface area contributed by atoms with E-state index in [0.717, 1.165) is 27.9 Å². The summed E-state index contributed by atoms with van der Waals surface area (Å²) in [7, 11) is 6.72. The molecule has 38 heavy (non-hydrogen) atoms. The van der Waals surface area contributed by atoms with Crippen LogP contribution in [0.25, 0.3) is 10.2 Å². The maximum Gasteiger partial charge on any atom is 0.337 e. The summed E-state index contributed by atoms with van der Waals surface area (Å²) in [6.45, 7) is 0.961. The minimum Gasteiger partial charge on any atom is -0.495 e. The molecular weight excluding hydrogens is 504 g/mol. The number of fused-ring (bicyclic) bond motifs is 2. The number of thiophene rings is 1. The number of methoxy groups -OCH3 is 2. The minimum absolute atomic E-state index is 0.0430. The Labute approximate surface area is 224 Å². The second kappa shape index (κ2) is 10.6. The molecule has 0 fully saturated rings. The van der Waals surface area contributed by atoms with Crippen LogP contribution in [0, 0.1) is 0 Å². The molecule has 0 saturated carbocycles. The number of aromatic nitrogens is 2. The topological polar surface area (TPSA) is 109 Å². The van der Waals surface area contributed by atoms with Crippen molar-refractivity contribution in [1.82, 2.24) is 14.9 Å². The number of amides is 1. The SMILES string of the molecule is COC(=O)c1cccc(Nc2nc(Nc3cc4c(cc3OC)CCN4C(=O)CN(C)C)nc3ccsc23)c1. The monoisotopic (exact) mass is 532 g/mol. The molecule has 1 amide bonds. The summed E-state index contributed by atoms with van der Waals surface area (Å²) in [6.07, 6.45) is 0.765. The lowest BCUT2D eigenvalue weighted by Crippen LogP contribution is -2.36. The highest BCUT2D eigenvalue weighted by molar-refractivity contribution is 7.17. The van der Waals surface area contributed by atoms with Crippen LogP contribution in [-0.2, 0) is 16.0 Å². The van der Waals surface area contributed by atoms with Gasteiger partial charge in [-0.1, -0.05) is 6.07 Å². The van der Waals surface area contributed by atoms with Crippen molar-refractivity contribution in [3.63, 3.8) is 0 Å². The molecule has 0 radical (unpaired) electrons. The first kappa shape index (κ1) is 25.4. The van der Waals surface area contributed by atoms with Crippen molar-refractivity contribution in [1.29, 1.82) is 0 Å². The van der Waals surface area contributed by atoms with Crippen LogP contribution in [0.2, 0.25) is 0 Å². The molecule has 10 nitrogen and oxygen atoms in total. The number of ether oxygens (including phenoxy) is 2. The lowest BCUT2D eigenvalue weighted by molar-refractivity contribution is -0.119. The molecule has 5 rings (SSSR count). The fourth-order valence-corrected chi connectivity index (χ4v) is 5.18. The number of nitrogens with zero attached hydrogens (tertiary/aromatic N) is 4. The van der Waals surface area contributed by atoms with Gasteiger partial charge in [-0.15, -0.1) is 11.3 Å². The van der Waals surface area contributed by atoms with Crippen LogP contribution in [0.3, 0.4) is 0 Å². The Kier molecular flexibility index (Phi) is 7.12. The van der Waals surface area contributed by atoms with Crippen LogP contribution in [0.15, 0.2) is 47.8 Å². The summed E-state index contributed by atoms with van der Waals surface area (Å²) >= 11 is 1.52. The summed E-state index contributed by atoms with van der Waals surface area (Å²) in [4.78, 5) is 37.9. The van der Waals surface area contributed by atoms with Gasteiger partial charge < -0.3 is 29.9 Å². The third kappa shape index (κ3) is 5.11. The molecular formula is C27H28N6O4S. The third-order valence-electron chi connectivity index (χ3n) is 6.15. The Morgan fingerprint density at radius 3 is 2.71 bits per heavy atom. The molecule has 2 aromatic carbocycles. The molecule has 196 valence electrons. The van der Waals surface area contributed by atoms with Gasteiger partial charge in [-0.2, -0.15) is 4.98 Å². The average molecular weight is 533 g/mol. The standard InChI is InChI=1S/C27H28N6O4S/c1-32(2)15-23(34)33-10-8-16-13-22(36-3)20(14-21(16)33)30-27-29-19-9-11-38-24(19)25(31-27)28-18-7-5-6-17(12-18)26(35)37-4/h5-7,9,11-14H,8,10,15H2,1-4H3,(H2,28,29,30,31). The largest absolute Gasteiger partial charge is 0.495 e. The van der Waals surface area contributed by atoms with Crippen LogP contribution >= 0.6 is 11.3 Å². The normalized spacial score (nSPS) is 12.5. The number of hydrogen-bond donors (Lipinski definition) is 2. The molecule has 0 atom stereocenters. The van der Waals surface area contributed by atoms with Gasteiger partial charge in [-0.05, 0) is 67.9 Å². The minimum atomic E-state index is -0.415. The van der Waals surface area contributed by atoms with Crippen LogP contribution < -0.4 is 20.3 Å². The van der Waals surface area contributed by atoms with E-state index in [2.05, 4.69) is 15.6 Å². The number of hydrogen-bond acceptors (Lipinski definition) is 10. The predicted molar refractivity (Wildman–Crippen MR) is 149 cm³/mol. The van der Waals surface area contributed by atoms with Crippen molar-refractivity contribution in [2.75, 3.05) is 56.9 Å². The van der Waals surface area contributed by atoms with E-state index in [0.29, 0.717) is 47.5 Å². The van der Waals surface area contributed by atoms with Gasteiger partial charge in [-0.25, -0.2) is 9.78 Å². The molecule has 4 aromatic rings. The lowest BCUT2D eigenvalue weighted by atomic mass is 10.1. The Balaban J connectivity index is 1.48. The zero-order valence-electron chi connectivity index (χ0n) is 21.6. The van der Waals surface area contributed by atoms with E-state index in [4.69, 9.17) is 14.5 Å². The molecule has 0 spiro atoms. The number of rotatable bonds is 8. The smallest absolute Gasteiger partial charge is 0.337 e. The van der Waals surface area contributed by atoms with Gasteiger partial charge in [-0.3, -0.25) is 4.79 Å². The fourth-order valence-electron chi connectivity index (χ4n) is 4.40. The van der Waals surface area contributed by atoms with Gasteiger partial charge in [0.2, 0.25) is 11.9 Å². The van der Waals surface area contributed by atoms with Gasteiger partial charge in [0.05, 0.1) is 42.2 Å². The molecule has 2 aromatic heterocycles. The zero-order chi connectivity index (χ0) is 26.8. The van der Waals surface area contributed by atoms with Gasteiger partial charge in [0.15, 0.2) is 5.82 Å². The number of benzene rings is 2. The summed E-state index contributed by atoms with van der Waals surface area (Å²) < 4.78 is 11.4. The number of esters is 1.